The number of para-hydroxylation sites is 1. The smallest absolute Gasteiger partial charge is 0.198 e. The van der Waals surface area contributed by atoms with Gasteiger partial charge in [-0.25, -0.2) is 13.4 Å². The molecule has 2 aromatic heterocycles. The van der Waals surface area contributed by atoms with Gasteiger partial charge in [0.2, 0.25) is 0 Å². The third-order valence-corrected chi connectivity index (χ3v) is 7.60. The Morgan fingerprint density at radius 1 is 0.963 bits per heavy atom. The topological polar surface area (TPSA) is 63.2 Å². The van der Waals surface area contributed by atoms with Crippen molar-refractivity contribution in [3.8, 4) is 0 Å². The monoisotopic (exact) mass is 421 g/mol. The van der Waals surface area contributed by atoms with Crippen molar-refractivity contribution in [3.63, 3.8) is 0 Å². The molecular weight excluding hydrogens is 405 g/mol. The van der Waals surface area contributed by atoms with Gasteiger partial charge in [-0.15, -0.1) is 0 Å². The van der Waals surface area contributed by atoms with Crippen LogP contribution in [-0.4, -0.2) is 36.7 Å². The molecule has 0 atom stereocenters. The number of hydrogen-bond donors (Lipinski definition) is 0. The molecule has 140 valence electrons. The van der Waals surface area contributed by atoms with Crippen molar-refractivity contribution in [2.24, 2.45) is 0 Å². The molecular formula is C19H17Cl2N3O2S. The van der Waals surface area contributed by atoms with Crippen molar-refractivity contribution in [1.29, 1.82) is 0 Å². The predicted molar refractivity (Wildman–Crippen MR) is 108 cm³/mol. The van der Waals surface area contributed by atoms with Gasteiger partial charge in [-0.3, -0.25) is 4.98 Å². The van der Waals surface area contributed by atoms with Gasteiger partial charge >= 0.3 is 0 Å². The van der Waals surface area contributed by atoms with Crippen LogP contribution in [0.2, 0.25) is 10.0 Å². The van der Waals surface area contributed by atoms with E-state index in [1.54, 1.807) is 24.5 Å². The highest BCUT2D eigenvalue weighted by Crippen LogP contribution is 2.35. The van der Waals surface area contributed by atoms with Crippen LogP contribution in [-0.2, 0) is 9.84 Å². The van der Waals surface area contributed by atoms with Crippen molar-refractivity contribution >= 4 is 49.6 Å². The molecule has 1 aliphatic heterocycles. The van der Waals surface area contributed by atoms with Crippen molar-refractivity contribution in [2.45, 2.75) is 23.1 Å². The zero-order chi connectivity index (χ0) is 19.0. The number of rotatable bonds is 3. The third-order valence-electron chi connectivity index (χ3n) is 4.89. The number of sulfone groups is 1. The summed E-state index contributed by atoms with van der Waals surface area (Å²) in [5, 5.41) is 1.54. The van der Waals surface area contributed by atoms with Gasteiger partial charge in [0, 0.05) is 30.9 Å². The number of piperidine rings is 1. The summed E-state index contributed by atoms with van der Waals surface area (Å²) in [6, 6.07) is 10.9. The molecule has 1 saturated heterocycles. The second-order valence-corrected chi connectivity index (χ2v) is 9.51. The lowest BCUT2D eigenvalue weighted by Crippen LogP contribution is -2.39. The fourth-order valence-electron chi connectivity index (χ4n) is 3.47. The van der Waals surface area contributed by atoms with E-state index in [1.165, 1.54) is 0 Å². The SMILES string of the molecule is O=S(=O)(c1ccc2ccccc2n1)C1CCN(c2c(Cl)cncc2Cl)CC1. The fraction of sp³-hybridized carbons (Fsp3) is 0.263. The first-order chi connectivity index (χ1) is 13.0. The first kappa shape index (κ1) is 18.5. The summed E-state index contributed by atoms with van der Waals surface area (Å²) in [4.78, 5) is 10.4. The summed E-state index contributed by atoms with van der Waals surface area (Å²) in [7, 11) is -3.50. The third kappa shape index (κ3) is 3.49. The number of nitrogens with zero attached hydrogens (tertiary/aromatic N) is 3. The minimum Gasteiger partial charge on any atom is -0.369 e. The van der Waals surface area contributed by atoms with E-state index in [4.69, 9.17) is 23.2 Å². The van der Waals surface area contributed by atoms with E-state index in [9.17, 15) is 8.42 Å². The van der Waals surface area contributed by atoms with Crippen molar-refractivity contribution < 1.29 is 8.42 Å². The van der Waals surface area contributed by atoms with Gasteiger partial charge < -0.3 is 4.90 Å². The fourth-order valence-corrected chi connectivity index (χ4v) is 5.73. The molecule has 0 radical (unpaired) electrons. The van der Waals surface area contributed by atoms with Gasteiger partial charge in [0.15, 0.2) is 14.9 Å². The maximum Gasteiger partial charge on any atom is 0.198 e. The summed E-state index contributed by atoms with van der Waals surface area (Å²) >= 11 is 12.4. The van der Waals surface area contributed by atoms with Crippen molar-refractivity contribution in [2.75, 3.05) is 18.0 Å². The van der Waals surface area contributed by atoms with Crippen LogP contribution >= 0.6 is 23.2 Å². The number of pyridine rings is 2. The lowest BCUT2D eigenvalue weighted by Gasteiger charge is -2.34. The van der Waals surface area contributed by atoms with Gasteiger partial charge in [0.1, 0.15) is 0 Å². The number of anilines is 1. The molecule has 3 aromatic rings. The Kier molecular flexibility index (Phi) is 4.97. The number of benzene rings is 1. The maximum atomic E-state index is 13.1. The molecule has 3 heterocycles. The average molecular weight is 422 g/mol. The quantitative estimate of drug-likeness (QED) is 0.627. The second kappa shape index (κ2) is 7.26. The van der Waals surface area contributed by atoms with Crippen molar-refractivity contribution in [3.05, 3.63) is 58.8 Å². The van der Waals surface area contributed by atoms with Crippen LogP contribution in [0.25, 0.3) is 10.9 Å². The van der Waals surface area contributed by atoms with Gasteiger partial charge in [-0.05, 0) is 31.0 Å². The van der Waals surface area contributed by atoms with Crippen LogP contribution < -0.4 is 4.90 Å². The average Bonchev–Trinajstić information content (AvgIpc) is 2.68. The Bertz CT molecular complexity index is 1080. The lowest BCUT2D eigenvalue weighted by molar-refractivity contribution is 0.527. The molecule has 27 heavy (non-hydrogen) atoms. The maximum absolute atomic E-state index is 13.1. The molecule has 0 amide bonds. The zero-order valence-corrected chi connectivity index (χ0v) is 16.7. The predicted octanol–water partition coefficient (Wildman–Crippen LogP) is 4.38. The summed E-state index contributed by atoms with van der Waals surface area (Å²) in [6.45, 7) is 1.11. The second-order valence-electron chi connectivity index (χ2n) is 6.53. The number of hydrogen-bond acceptors (Lipinski definition) is 5. The summed E-state index contributed by atoms with van der Waals surface area (Å²) in [6.07, 6.45) is 4.08. The van der Waals surface area contributed by atoms with E-state index in [0.717, 1.165) is 5.39 Å². The van der Waals surface area contributed by atoms with E-state index in [1.807, 2.05) is 29.2 Å². The Labute approximate surface area is 167 Å². The molecule has 1 aromatic carbocycles. The van der Waals surface area contributed by atoms with Crippen LogP contribution in [0.3, 0.4) is 0 Å². The minimum absolute atomic E-state index is 0.139. The van der Waals surface area contributed by atoms with Crippen LogP contribution in [0.5, 0.6) is 0 Å². The summed E-state index contributed by atoms with van der Waals surface area (Å²) < 4.78 is 26.1. The van der Waals surface area contributed by atoms with Crippen molar-refractivity contribution in [1.82, 2.24) is 9.97 Å². The van der Waals surface area contributed by atoms with Gasteiger partial charge in [-0.2, -0.15) is 0 Å². The van der Waals surface area contributed by atoms with E-state index in [0.29, 0.717) is 47.2 Å². The van der Waals surface area contributed by atoms with E-state index >= 15 is 0 Å². The molecule has 5 nitrogen and oxygen atoms in total. The largest absolute Gasteiger partial charge is 0.369 e. The first-order valence-corrected chi connectivity index (χ1v) is 10.9. The summed E-state index contributed by atoms with van der Waals surface area (Å²) in [5.41, 5.74) is 1.40. The molecule has 0 N–H and O–H groups in total. The highest BCUT2D eigenvalue weighted by Gasteiger charge is 2.33. The molecule has 0 spiro atoms. The zero-order valence-electron chi connectivity index (χ0n) is 14.3. The molecule has 1 fully saturated rings. The Balaban J connectivity index is 1.56. The molecule has 0 unspecified atom stereocenters. The van der Waals surface area contributed by atoms with E-state index < -0.39 is 15.1 Å². The molecule has 4 rings (SSSR count). The molecule has 0 aliphatic carbocycles. The van der Waals surface area contributed by atoms with Crippen LogP contribution in [0.15, 0.2) is 53.8 Å². The first-order valence-electron chi connectivity index (χ1n) is 8.60. The Hall–Kier alpha value is -1.89. The normalized spacial score (nSPS) is 16.0. The molecule has 0 bridgehead atoms. The van der Waals surface area contributed by atoms with Gasteiger partial charge in [-0.1, -0.05) is 41.4 Å². The molecule has 0 saturated carbocycles. The Morgan fingerprint density at radius 3 is 2.33 bits per heavy atom. The standard InChI is InChI=1S/C19H17Cl2N3O2S/c20-15-11-22-12-16(21)19(15)24-9-7-14(8-10-24)27(25,26)18-6-5-13-3-1-2-4-17(13)23-18/h1-6,11-12,14H,7-10H2. The number of aromatic nitrogens is 2. The van der Waals surface area contributed by atoms with E-state index in [-0.39, 0.29) is 5.03 Å². The van der Waals surface area contributed by atoms with E-state index in [2.05, 4.69) is 9.97 Å². The van der Waals surface area contributed by atoms with Gasteiger partial charge in [0.05, 0.1) is 26.5 Å². The minimum atomic E-state index is -3.50. The Morgan fingerprint density at radius 2 is 1.63 bits per heavy atom. The van der Waals surface area contributed by atoms with Gasteiger partial charge in [0.25, 0.3) is 0 Å². The summed E-state index contributed by atoms with van der Waals surface area (Å²) in [5.74, 6) is 0. The lowest BCUT2D eigenvalue weighted by atomic mass is 10.1. The van der Waals surface area contributed by atoms with Crippen LogP contribution in [0.1, 0.15) is 12.8 Å². The highest BCUT2D eigenvalue weighted by atomic mass is 35.5. The highest BCUT2D eigenvalue weighted by molar-refractivity contribution is 7.92. The number of fused-ring (bicyclic) bond motifs is 1. The number of halogens is 2. The molecule has 8 heteroatoms. The van der Waals surface area contributed by atoms with Crippen LogP contribution in [0, 0.1) is 0 Å². The molecule has 1 aliphatic rings. The van der Waals surface area contributed by atoms with Crippen LogP contribution in [0.4, 0.5) is 5.69 Å².